The van der Waals surface area contributed by atoms with Crippen LogP contribution in [0.4, 0.5) is 0 Å². The second kappa shape index (κ2) is 7.08. The molecule has 90 valence electrons. The van der Waals surface area contributed by atoms with Gasteiger partial charge in [0.1, 0.15) is 0 Å². The number of rotatable bonds is 6. The monoisotopic (exact) mass is 284 g/mol. The van der Waals surface area contributed by atoms with E-state index in [9.17, 15) is 0 Å². The summed E-state index contributed by atoms with van der Waals surface area (Å²) in [6.07, 6.45) is 4.17. The summed E-state index contributed by atoms with van der Waals surface area (Å²) in [5, 5.41) is 8.80. The van der Waals surface area contributed by atoms with Crippen molar-refractivity contribution in [3.05, 3.63) is 33.8 Å². The van der Waals surface area contributed by atoms with Crippen LogP contribution in [0.1, 0.15) is 50.2 Å². The maximum Gasteiger partial charge on any atom is 0.0434 e. The minimum absolute atomic E-state index is 0.270. The minimum atomic E-state index is 0.270. The highest BCUT2D eigenvalue weighted by Gasteiger charge is 2.10. The molecule has 0 amide bonds. The van der Waals surface area contributed by atoms with Gasteiger partial charge < -0.3 is 5.11 Å². The van der Waals surface area contributed by atoms with E-state index in [4.69, 9.17) is 5.11 Å². The Kier molecular flexibility index (Phi) is 6.07. The first-order valence-electron chi connectivity index (χ1n) is 6.12. The van der Waals surface area contributed by atoms with Crippen molar-refractivity contribution >= 4 is 15.9 Å². The molecule has 1 N–H and O–H groups in total. The van der Waals surface area contributed by atoms with Crippen molar-refractivity contribution in [3.8, 4) is 0 Å². The lowest BCUT2D eigenvalue weighted by Crippen LogP contribution is -1.98. The molecule has 0 fully saturated rings. The number of hydrogen-bond acceptors (Lipinski definition) is 1. The topological polar surface area (TPSA) is 20.2 Å². The van der Waals surface area contributed by atoms with Gasteiger partial charge in [0, 0.05) is 11.1 Å². The van der Waals surface area contributed by atoms with E-state index >= 15 is 0 Å². The van der Waals surface area contributed by atoms with Gasteiger partial charge in [-0.25, -0.2) is 0 Å². The highest BCUT2D eigenvalue weighted by atomic mass is 79.9. The van der Waals surface area contributed by atoms with Crippen molar-refractivity contribution in [1.82, 2.24) is 0 Å². The van der Waals surface area contributed by atoms with Gasteiger partial charge in [0.25, 0.3) is 0 Å². The number of aliphatic hydroxyl groups excluding tert-OH is 1. The average molecular weight is 285 g/mol. The van der Waals surface area contributed by atoms with Crippen molar-refractivity contribution in [3.63, 3.8) is 0 Å². The van der Waals surface area contributed by atoms with E-state index in [-0.39, 0.29) is 6.61 Å². The van der Waals surface area contributed by atoms with Gasteiger partial charge >= 0.3 is 0 Å². The summed E-state index contributed by atoms with van der Waals surface area (Å²) in [5.41, 5.74) is 2.72. The quantitative estimate of drug-likeness (QED) is 0.827. The third kappa shape index (κ3) is 3.60. The predicted octanol–water partition coefficient (Wildman–Crippen LogP) is 4.28. The fourth-order valence-corrected chi connectivity index (χ4v) is 2.82. The van der Waals surface area contributed by atoms with Crippen LogP contribution in [-0.4, -0.2) is 11.7 Å². The van der Waals surface area contributed by atoms with Gasteiger partial charge in [-0.15, -0.1) is 0 Å². The largest absolute Gasteiger partial charge is 0.396 e. The summed E-state index contributed by atoms with van der Waals surface area (Å²) in [6.45, 7) is 4.74. The first kappa shape index (κ1) is 13.7. The van der Waals surface area contributed by atoms with Crippen molar-refractivity contribution < 1.29 is 5.11 Å². The smallest absolute Gasteiger partial charge is 0.0434 e. The summed E-state index contributed by atoms with van der Waals surface area (Å²) >= 11 is 3.66. The molecular weight excluding hydrogens is 264 g/mol. The Labute approximate surface area is 107 Å². The average Bonchev–Trinajstić information content (AvgIpc) is 2.30. The van der Waals surface area contributed by atoms with Gasteiger partial charge in [0.05, 0.1) is 0 Å². The zero-order chi connectivity index (χ0) is 12.0. The fourth-order valence-electron chi connectivity index (χ4n) is 2.07. The zero-order valence-corrected chi connectivity index (χ0v) is 11.8. The number of benzene rings is 1. The summed E-state index contributed by atoms with van der Waals surface area (Å²) in [7, 11) is 0. The maximum absolute atomic E-state index is 8.80. The molecule has 2 heteroatoms. The third-order valence-electron chi connectivity index (χ3n) is 3.11. The first-order valence-corrected chi connectivity index (χ1v) is 6.91. The van der Waals surface area contributed by atoms with Crippen LogP contribution in [0.3, 0.4) is 0 Å². The molecule has 0 saturated carbocycles. The Balaban J connectivity index is 2.82. The van der Waals surface area contributed by atoms with Crippen molar-refractivity contribution in [2.75, 3.05) is 6.61 Å². The van der Waals surface area contributed by atoms with E-state index in [0.29, 0.717) is 5.92 Å². The number of aliphatic hydroxyl groups is 1. The number of hydrogen-bond donors (Lipinski definition) is 1. The molecular formula is C14H21BrO. The second-order valence-corrected chi connectivity index (χ2v) is 5.05. The van der Waals surface area contributed by atoms with Gasteiger partial charge in [-0.1, -0.05) is 41.9 Å². The molecule has 0 bridgehead atoms. The summed E-state index contributed by atoms with van der Waals surface area (Å²) in [5.74, 6) is 0.654. The Hall–Kier alpha value is -0.340. The highest BCUT2D eigenvalue weighted by Crippen LogP contribution is 2.30. The molecule has 0 atom stereocenters. The second-order valence-electron chi connectivity index (χ2n) is 4.20. The fraction of sp³-hybridized carbons (Fsp3) is 0.571. The van der Waals surface area contributed by atoms with Crippen molar-refractivity contribution in [2.24, 2.45) is 0 Å². The molecule has 1 nitrogen and oxygen atoms in total. The molecule has 16 heavy (non-hydrogen) atoms. The van der Waals surface area contributed by atoms with Crippen LogP contribution >= 0.6 is 15.9 Å². The van der Waals surface area contributed by atoms with Crippen LogP contribution in [-0.2, 0) is 6.42 Å². The molecule has 0 aromatic heterocycles. The lowest BCUT2D eigenvalue weighted by atomic mass is 9.93. The molecule has 1 rings (SSSR count). The van der Waals surface area contributed by atoms with E-state index in [1.165, 1.54) is 28.4 Å². The van der Waals surface area contributed by atoms with Gasteiger partial charge in [-0.2, -0.15) is 0 Å². The Morgan fingerprint density at radius 3 is 2.44 bits per heavy atom. The molecule has 0 aliphatic heterocycles. The van der Waals surface area contributed by atoms with Crippen molar-refractivity contribution in [2.45, 2.75) is 45.4 Å². The lowest BCUT2D eigenvalue weighted by Gasteiger charge is -2.15. The van der Waals surface area contributed by atoms with Crippen LogP contribution in [0, 0.1) is 0 Å². The number of halogens is 1. The highest BCUT2D eigenvalue weighted by molar-refractivity contribution is 9.10. The van der Waals surface area contributed by atoms with Crippen LogP contribution in [0.5, 0.6) is 0 Å². The van der Waals surface area contributed by atoms with Gasteiger partial charge in [0.2, 0.25) is 0 Å². The van der Waals surface area contributed by atoms with E-state index < -0.39 is 0 Å². The van der Waals surface area contributed by atoms with Gasteiger partial charge in [-0.3, -0.25) is 0 Å². The summed E-state index contributed by atoms with van der Waals surface area (Å²) < 4.78 is 1.22. The summed E-state index contributed by atoms with van der Waals surface area (Å²) in [4.78, 5) is 0. The normalized spacial score (nSPS) is 11.1. The molecule has 0 aliphatic carbocycles. The maximum atomic E-state index is 8.80. The molecule has 0 aliphatic rings. The Morgan fingerprint density at radius 2 is 1.94 bits per heavy atom. The number of aryl methyl sites for hydroxylation is 1. The first-order chi connectivity index (χ1) is 7.72. The lowest BCUT2D eigenvalue weighted by molar-refractivity contribution is 0.288. The molecule has 0 saturated heterocycles. The van der Waals surface area contributed by atoms with E-state index in [1.54, 1.807) is 0 Å². The van der Waals surface area contributed by atoms with Crippen molar-refractivity contribution in [1.29, 1.82) is 0 Å². The minimum Gasteiger partial charge on any atom is -0.396 e. The van der Waals surface area contributed by atoms with Gasteiger partial charge in [-0.05, 0) is 48.8 Å². The molecule has 1 aromatic rings. The van der Waals surface area contributed by atoms with Crippen LogP contribution in [0.2, 0.25) is 0 Å². The SMILES string of the molecule is CCC(CC)c1ccc(CCCO)cc1Br. The van der Waals surface area contributed by atoms with E-state index in [1.807, 2.05) is 0 Å². The Morgan fingerprint density at radius 1 is 1.25 bits per heavy atom. The standard InChI is InChI=1S/C14H21BrO/c1-3-12(4-2)13-8-7-11(6-5-9-16)10-14(13)15/h7-8,10,12,16H,3-6,9H2,1-2H3. The Bertz CT molecular complexity index is 319. The van der Waals surface area contributed by atoms with Crippen LogP contribution in [0.15, 0.2) is 22.7 Å². The van der Waals surface area contributed by atoms with Gasteiger partial charge in [0.15, 0.2) is 0 Å². The van der Waals surface area contributed by atoms with Crippen LogP contribution in [0.25, 0.3) is 0 Å². The van der Waals surface area contributed by atoms with E-state index in [2.05, 4.69) is 48.0 Å². The molecule has 0 heterocycles. The molecule has 0 unspecified atom stereocenters. The molecule has 1 aromatic carbocycles. The van der Waals surface area contributed by atoms with Crippen LogP contribution < -0.4 is 0 Å². The zero-order valence-electron chi connectivity index (χ0n) is 10.2. The molecule has 0 spiro atoms. The third-order valence-corrected chi connectivity index (χ3v) is 3.80. The predicted molar refractivity (Wildman–Crippen MR) is 72.9 cm³/mol. The van der Waals surface area contributed by atoms with E-state index in [0.717, 1.165) is 12.8 Å². The molecule has 0 radical (unpaired) electrons. The summed E-state index contributed by atoms with van der Waals surface area (Å²) in [6, 6.07) is 6.62.